The molecule has 36 heavy (non-hydrogen) atoms. The summed E-state index contributed by atoms with van der Waals surface area (Å²) in [6.07, 6.45) is -1.05. The molecular formula is C26H31N3O7. The van der Waals surface area contributed by atoms with Gasteiger partial charge in [0.25, 0.3) is 0 Å². The number of guanidine groups is 1. The highest BCUT2D eigenvalue weighted by atomic mass is 16.6. The van der Waals surface area contributed by atoms with Gasteiger partial charge in [-0.05, 0) is 96.5 Å². The first-order chi connectivity index (χ1) is 16.6. The maximum absolute atomic E-state index is 12.6. The summed E-state index contributed by atoms with van der Waals surface area (Å²) < 4.78 is 15.8. The largest absolute Gasteiger partial charge is 0.444 e. The van der Waals surface area contributed by atoms with Crippen LogP contribution in [-0.4, -0.2) is 41.6 Å². The fraction of sp³-hybridized carbons (Fsp3) is 0.346. The fourth-order valence-electron chi connectivity index (χ4n) is 2.75. The van der Waals surface area contributed by atoms with Gasteiger partial charge in [0.05, 0.1) is 5.56 Å². The van der Waals surface area contributed by atoms with Crippen LogP contribution in [0, 0.1) is 6.92 Å². The third kappa shape index (κ3) is 9.57. The molecular weight excluding hydrogens is 466 g/mol. The number of carbonyl (C=O) groups is 4. The van der Waals surface area contributed by atoms with Gasteiger partial charge in [-0.15, -0.1) is 4.99 Å². The minimum absolute atomic E-state index is 0.219. The number of benzene rings is 2. The van der Waals surface area contributed by atoms with Gasteiger partial charge in [0.15, 0.2) is 0 Å². The first-order valence-corrected chi connectivity index (χ1v) is 11.1. The second-order valence-electron chi connectivity index (χ2n) is 9.80. The average Bonchev–Trinajstić information content (AvgIpc) is 2.71. The van der Waals surface area contributed by atoms with Crippen LogP contribution < -0.4 is 15.4 Å². The summed E-state index contributed by atoms with van der Waals surface area (Å²) >= 11 is 0. The number of anilines is 1. The number of rotatable bonds is 4. The lowest BCUT2D eigenvalue weighted by Crippen LogP contribution is -2.40. The predicted octanol–water partition coefficient (Wildman–Crippen LogP) is 5.25. The van der Waals surface area contributed by atoms with E-state index in [0.717, 1.165) is 0 Å². The number of esters is 1. The lowest BCUT2D eigenvalue weighted by Gasteiger charge is -2.21. The molecule has 0 aliphatic rings. The topological polar surface area (TPSA) is 132 Å². The first-order valence-electron chi connectivity index (χ1n) is 11.1. The number of aliphatic imine (C=N–C) groups is 1. The number of ether oxygens (including phenoxy) is 3. The molecule has 0 fully saturated rings. The molecule has 0 aliphatic carbocycles. The van der Waals surface area contributed by atoms with E-state index in [4.69, 9.17) is 14.2 Å². The molecule has 0 aliphatic heterocycles. The molecule has 0 unspecified atom stereocenters. The summed E-state index contributed by atoms with van der Waals surface area (Å²) in [5, 5.41) is 5.23. The second-order valence-corrected chi connectivity index (χ2v) is 9.80. The Balaban J connectivity index is 2.21. The molecule has 0 bridgehead atoms. The molecule has 0 heterocycles. The molecule has 10 nitrogen and oxygen atoms in total. The van der Waals surface area contributed by atoms with E-state index in [1.54, 1.807) is 72.7 Å². The van der Waals surface area contributed by atoms with Crippen molar-refractivity contribution in [2.75, 3.05) is 5.32 Å². The van der Waals surface area contributed by atoms with E-state index in [1.165, 1.54) is 18.2 Å². The highest BCUT2D eigenvalue weighted by Crippen LogP contribution is 2.19. The Labute approximate surface area is 210 Å². The Morgan fingerprint density at radius 3 is 2.03 bits per heavy atom. The highest BCUT2D eigenvalue weighted by Gasteiger charge is 2.21. The van der Waals surface area contributed by atoms with Crippen LogP contribution in [0.2, 0.25) is 0 Å². The van der Waals surface area contributed by atoms with Gasteiger partial charge < -0.3 is 19.5 Å². The smallest absolute Gasteiger partial charge is 0.437 e. The third-order valence-corrected chi connectivity index (χ3v) is 4.15. The molecule has 2 aromatic carbocycles. The van der Waals surface area contributed by atoms with Gasteiger partial charge in [-0.1, -0.05) is 0 Å². The summed E-state index contributed by atoms with van der Waals surface area (Å²) in [6, 6.07) is 10.8. The zero-order valence-corrected chi connectivity index (χ0v) is 21.4. The van der Waals surface area contributed by atoms with Crippen molar-refractivity contribution in [3.8, 4) is 5.75 Å². The summed E-state index contributed by atoms with van der Waals surface area (Å²) in [4.78, 5) is 51.7. The van der Waals surface area contributed by atoms with E-state index < -0.39 is 29.4 Å². The summed E-state index contributed by atoms with van der Waals surface area (Å²) in [5.74, 6) is -0.517. The van der Waals surface area contributed by atoms with Gasteiger partial charge in [0, 0.05) is 11.3 Å². The number of amides is 2. The van der Waals surface area contributed by atoms with Crippen LogP contribution in [0.1, 0.15) is 67.8 Å². The van der Waals surface area contributed by atoms with Crippen LogP contribution in [0.3, 0.4) is 0 Å². The molecule has 0 atom stereocenters. The van der Waals surface area contributed by atoms with Crippen molar-refractivity contribution in [1.82, 2.24) is 5.32 Å². The first kappa shape index (κ1) is 28.0. The van der Waals surface area contributed by atoms with E-state index in [9.17, 15) is 19.2 Å². The third-order valence-electron chi connectivity index (χ3n) is 4.15. The summed E-state index contributed by atoms with van der Waals surface area (Å²) in [6.45, 7) is 11.8. The van der Waals surface area contributed by atoms with Crippen molar-refractivity contribution in [2.45, 2.75) is 59.7 Å². The molecule has 0 saturated carbocycles. The van der Waals surface area contributed by atoms with Crippen LogP contribution in [-0.2, 0) is 9.47 Å². The Morgan fingerprint density at radius 2 is 1.50 bits per heavy atom. The number of nitrogens with zero attached hydrogens (tertiary/aromatic N) is 1. The average molecular weight is 498 g/mol. The van der Waals surface area contributed by atoms with Crippen LogP contribution in [0.25, 0.3) is 0 Å². The molecule has 0 saturated heterocycles. The maximum Gasteiger partial charge on any atom is 0.437 e. The number of hydrogen-bond donors (Lipinski definition) is 2. The molecule has 192 valence electrons. The minimum atomic E-state index is -0.918. The number of carbonyl (C=O) groups excluding carboxylic acids is 4. The van der Waals surface area contributed by atoms with Crippen LogP contribution in [0.15, 0.2) is 47.5 Å². The van der Waals surface area contributed by atoms with Crippen molar-refractivity contribution < 1.29 is 33.4 Å². The van der Waals surface area contributed by atoms with Crippen LogP contribution >= 0.6 is 0 Å². The maximum atomic E-state index is 12.6. The van der Waals surface area contributed by atoms with Gasteiger partial charge in [0.1, 0.15) is 23.2 Å². The van der Waals surface area contributed by atoms with Crippen molar-refractivity contribution in [1.29, 1.82) is 0 Å². The van der Waals surface area contributed by atoms with E-state index in [-0.39, 0.29) is 5.96 Å². The molecule has 0 radical (unpaired) electrons. The van der Waals surface area contributed by atoms with E-state index >= 15 is 0 Å². The van der Waals surface area contributed by atoms with Crippen molar-refractivity contribution >= 4 is 36.1 Å². The van der Waals surface area contributed by atoms with Gasteiger partial charge in [-0.25, -0.2) is 14.4 Å². The monoisotopic (exact) mass is 497 g/mol. The van der Waals surface area contributed by atoms with Crippen molar-refractivity contribution in [2.24, 2.45) is 4.99 Å². The zero-order chi connectivity index (χ0) is 27.1. The normalized spacial score (nSPS) is 11.8. The van der Waals surface area contributed by atoms with Crippen molar-refractivity contribution in [3.05, 3.63) is 59.2 Å². The zero-order valence-electron chi connectivity index (χ0n) is 21.4. The standard InChI is InChI=1S/C26H31N3O7/c1-16-14-18(10-13-20(16)21(31)34-19-11-8-17(15-30)9-12-19)27-22(28-23(32)35-25(2,3)4)29-24(33)36-26(5,6)7/h8-15H,1-7H3,(H2,27,28,29,32,33). The number of aldehydes is 1. The quantitative estimate of drug-likeness (QED) is 0.192. The van der Waals surface area contributed by atoms with E-state index in [2.05, 4.69) is 15.6 Å². The number of hydrogen-bond acceptors (Lipinski definition) is 7. The SMILES string of the molecule is Cc1cc(N/C(=N\C(=O)OC(C)(C)C)NC(=O)OC(C)(C)C)ccc1C(=O)Oc1ccc(C=O)cc1. The summed E-state index contributed by atoms with van der Waals surface area (Å²) in [7, 11) is 0. The number of alkyl carbamates (subject to hydrolysis) is 1. The molecule has 0 aromatic heterocycles. The molecule has 2 amide bonds. The minimum Gasteiger partial charge on any atom is -0.444 e. The Kier molecular flexibility index (Phi) is 8.94. The van der Waals surface area contributed by atoms with Gasteiger partial charge in [-0.3, -0.25) is 10.1 Å². The lowest BCUT2D eigenvalue weighted by atomic mass is 10.1. The summed E-state index contributed by atoms with van der Waals surface area (Å²) in [5.41, 5.74) is 0.189. The molecule has 2 N–H and O–H groups in total. The van der Waals surface area contributed by atoms with Gasteiger partial charge in [-0.2, -0.15) is 0 Å². The Morgan fingerprint density at radius 1 is 0.889 bits per heavy atom. The van der Waals surface area contributed by atoms with Gasteiger partial charge in [0.2, 0.25) is 5.96 Å². The van der Waals surface area contributed by atoms with Crippen molar-refractivity contribution in [3.63, 3.8) is 0 Å². The predicted molar refractivity (Wildman–Crippen MR) is 135 cm³/mol. The highest BCUT2D eigenvalue weighted by molar-refractivity contribution is 6.06. The molecule has 2 aromatic rings. The van der Waals surface area contributed by atoms with Gasteiger partial charge >= 0.3 is 18.2 Å². The molecule has 10 heteroatoms. The van der Waals surface area contributed by atoms with Crippen LogP contribution in [0.4, 0.5) is 15.3 Å². The molecule has 0 spiro atoms. The molecule has 2 rings (SSSR count). The Bertz CT molecular complexity index is 1160. The van der Waals surface area contributed by atoms with E-state index in [0.29, 0.717) is 34.4 Å². The Hall–Kier alpha value is -4.21. The van der Waals surface area contributed by atoms with E-state index in [1.807, 2.05) is 0 Å². The van der Waals surface area contributed by atoms with Crippen LogP contribution in [0.5, 0.6) is 5.75 Å². The fourth-order valence-corrected chi connectivity index (χ4v) is 2.75. The second kappa shape index (κ2) is 11.5. The lowest BCUT2D eigenvalue weighted by molar-refractivity contribution is 0.0561. The number of nitrogens with one attached hydrogen (secondary N) is 2. The number of aryl methyl sites for hydroxylation is 1.